The Balaban J connectivity index is 1.85. The summed E-state index contributed by atoms with van der Waals surface area (Å²) in [5, 5.41) is 12.0. The molecule has 2 aromatic rings. The lowest BCUT2D eigenvalue weighted by Crippen LogP contribution is -2.14. The van der Waals surface area contributed by atoms with Crippen molar-refractivity contribution in [2.24, 2.45) is 0 Å². The SMILES string of the molecule is COc1cc(C(=O)O)cc(NC(=O)c2ccc(C3CCC3)cc2)c1OC. The Bertz CT molecular complexity index is 825. The fraction of sp³-hybridized carbons (Fsp3) is 0.300. The Labute approximate surface area is 151 Å². The first-order valence-corrected chi connectivity index (χ1v) is 8.44. The number of carbonyl (C=O) groups is 2. The molecule has 6 nitrogen and oxygen atoms in total. The number of nitrogens with one attached hydrogen (secondary N) is 1. The van der Waals surface area contributed by atoms with E-state index in [0.29, 0.717) is 11.5 Å². The molecule has 0 aromatic heterocycles. The number of amides is 1. The van der Waals surface area contributed by atoms with Crippen molar-refractivity contribution in [3.8, 4) is 11.5 Å². The standard InChI is InChI=1S/C20H21NO5/c1-25-17-11-15(20(23)24)10-16(18(17)26-2)21-19(22)14-8-6-13(7-9-14)12-4-3-5-12/h6-12H,3-5H2,1-2H3,(H,21,22)(H,23,24). The van der Waals surface area contributed by atoms with E-state index in [1.165, 1.54) is 51.2 Å². The van der Waals surface area contributed by atoms with Crippen molar-refractivity contribution in [3.05, 3.63) is 53.1 Å². The summed E-state index contributed by atoms with van der Waals surface area (Å²) in [6.45, 7) is 0. The topological polar surface area (TPSA) is 84.9 Å². The molecule has 6 heteroatoms. The van der Waals surface area contributed by atoms with E-state index < -0.39 is 5.97 Å². The Kier molecular flexibility index (Phi) is 5.11. The van der Waals surface area contributed by atoms with E-state index in [1.807, 2.05) is 12.1 Å². The van der Waals surface area contributed by atoms with Gasteiger partial charge in [0.2, 0.25) is 0 Å². The van der Waals surface area contributed by atoms with Gasteiger partial charge in [-0.2, -0.15) is 0 Å². The van der Waals surface area contributed by atoms with Crippen LogP contribution < -0.4 is 14.8 Å². The molecule has 0 unspecified atom stereocenters. The molecular formula is C20H21NO5. The number of carbonyl (C=O) groups excluding carboxylic acids is 1. The Morgan fingerprint density at radius 1 is 1.04 bits per heavy atom. The third-order valence-electron chi connectivity index (χ3n) is 4.72. The van der Waals surface area contributed by atoms with Gasteiger partial charge in [0, 0.05) is 5.56 Å². The van der Waals surface area contributed by atoms with Gasteiger partial charge in [-0.1, -0.05) is 18.6 Å². The highest BCUT2D eigenvalue weighted by molar-refractivity contribution is 6.06. The minimum atomic E-state index is -1.12. The monoisotopic (exact) mass is 355 g/mol. The van der Waals surface area contributed by atoms with Crippen LogP contribution in [0, 0.1) is 0 Å². The Hall–Kier alpha value is -3.02. The van der Waals surface area contributed by atoms with Gasteiger partial charge in [0.05, 0.1) is 25.5 Å². The number of hydrogen-bond donors (Lipinski definition) is 2. The lowest BCUT2D eigenvalue weighted by Gasteiger charge is -2.25. The average molecular weight is 355 g/mol. The number of carboxylic acid groups (broad SMARTS) is 1. The summed E-state index contributed by atoms with van der Waals surface area (Å²) in [7, 11) is 2.84. The summed E-state index contributed by atoms with van der Waals surface area (Å²) in [6, 6.07) is 10.2. The second-order valence-corrected chi connectivity index (χ2v) is 6.27. The van der Waals surface area contributed by atoms with Gasteiger partial charge in [0.15, 0.2) is 11.5 Å². The molecule has 1 fully saturated rings. The smallest absolute Gasteiger partial charge is 0.335 e. The zero-order valence-corrected chi connectivity index (χ0v) is 14.7. The maximum absolute atomic E-state index is 12.6. The number of carboxylic acids is 1. The predicted octanol–water partition coefficient (Wildman–Crippen LogP) is 3.92. The van der Waals surface area contributed by atoms with Gasteiger partial charge in [-0.05, 0) is 48.6 Å². The zero-order chi connectivity index (χ0) is 18.7. The van der Waals surface area contributed by atoms with E-state index in [2.05, 4.69) is 5.32 Å². The van der Waals surface area contributed by atoms with Crippen LogP contribution in [0.25, 0.3) is 0 Å². The maximum atomic E-state index is 12.6. The first kappa shape index (κ1) is 17.8. The molecule has 0 aliphatic heterocycles. The predicted molar refractivity (Wildman–Crippen MR) is 97.5 cm³/mol. The summed E-state index contributed by atoms with van der Waals surface area (Å²) in [5.74, 6) is -0.344. The molecule has 1 aliphatic carbocycles. The van der Waals surface area contributed by atoms with Crippen molar-refractivity contribution in [2.45, 2.75) is 25.2 Å². The quantitative estimate of drug-likeness (QED) is 0.820. The molecule has 1 amide bonds. The molecule has 0 spiro atoms. The molecule has 0 heterocycles. The van der Waals surface area contributed by atoms with Gasteiger partial charge in [-0.3, -0.25) is 4.79 Å². The normalized spacial score (nSPS) is 13.6. The molecule has 0 saturated heterocycles. The van der Waals surface area contributed by atoms with Crippen molar-refractivity contribution < 1.29 is 24.2 Å². The van der Waals surface area contributed by atoms with Crippen LogP contribution in [0.1, 0.15) is 51.5 Å². The van der Waals surface area contributed by atoms with Crippen molar-refractivity contribution in [1.82, 2.24) is 0 Å². The molecule has 2 N–H and O–H groups in total. The Morgan fingerprint density at radius 2 is 1.73 bits per heavy atom. The summed E-state index contributed by atoms with van der Waals surface area (Å²) in [6.07, 6.45) is 3.66. The van der Waals surface area contributed by atoms with E-state index in [-0.39, 0.29) is 28.7 Å². The van der Waals surface area contributed by atoms with Crippen molar-refractivity contribution in [2.75, 3.05) is 19.5 Å². The van der Waals surface area contributed by atoms with Gasteiger partial charge in [-0.15, -0.1) is 0 Å². The summed E-state index contributed by atoms with van der Waals surface area (Å²) >= 11 is 0. The van der Waals surface area contributed by atoms with Crippen LogP contribution in [0.4, 0.5) is 5.69 Å². The van der Waals surface area contributed by atoms with Crippen LogP contribution in [-0.2, 0) is 0 Å². The molecule has 26 heavy (non-hydrogen) atoms. The van der Waals surface area contributed by atoms with Gasteiger partial charge in [-0.25, -0.2) is 4.79 Å². The van der Waals surface area contributed by atoms with E-state index in [9.17, 15) is 14.7 Å². The number of aromatic carboxylic acids is 1. The third-order valence-corrected chi connectivity index (χ3v) is 4.72. The molecule has 2 aromatic carbocycles. The second kappa shape index (κ2) is 7.47. The maximum Gasteiger partial charge on any atom is 0.335 e. The van der Waals surface area contributed by atoms with Crippen LogP contribution >= 0.6 is 0 Å². The Morgan fingerprint density at radius 3 is 2.23 bits per heavy atom. The van der Waals surface area contributed by atoms with Crippen LogP contribution in [0.2, 0.25) is 0 Å². The van der Waals surface area contributed by atoms with Gasteiger partial charge in [0.25, 0.3) is 5.91 Å². The van der Waals surface area contributed by atoms with E-state index in [0.717, 1.165) is 0 Å². The number of methoxy groups -OCH3 is 2. The fourth-order valence-electron chi connectivity index (χ4n) is 3.02. The molecule has 1 aliphatic rings. The third kappa shape index (κ3) is 3.49. The number of hydrogen-bond acceptors (Lipinski definition) is 4. The van der Waals surface area contributed by atoms with Gasteiger partial charge < -0.3 is 19.9 Å². The molecule has 3 rings (SSSR count). The van der Waals surface area contributed by atoms with E-state index in [4.69, 9.17) is 9.47 Å². The molecule has 0 atom stereocenters. The number of rotatable bonds is 6. The highest BCUT2D eigenvalue weighted by atomic mass is 16.5. The van der Waals surface area contributed by atoms with E-state index in [1.54, 1.807) is 12.1 Å². The van der Waals surface area contributed by atoms with Gasteiger partial charge in [0.1, 0.15) is 0 Å². The molecular weight excluding hydrogens is 334 g/mol. The first-order valence-electron chi connectivity index (χ1n) is 8.44. The summed E-state index contributed by atoms with van der Waals surface area (Å²) < 4.78 is 10.5. The van der Waals surface area contributed by atoms with Crippen molar-refractivity contribution in [1.29, 1.82) is 0 Å². The van der Waals surface area contributed by atoms with Crippen LogP contribution in [0.15, 0.2) is 36.4 Å². The fourth-order valence-corrected chi connectivity index (χ4v) is 3.02. The highest BCUT2D eigenvalue weighted by Gasteiger charge is 2.21. The molecule has 0 bridgehead atoms. The number of anilines is 1. The molecule has 0 radical (unpaired) electrons. The minimum absolute atomic E-state index is 0.00159. The molecule has 136 valence electrons. The largest absolute Gasteiger partial charge is 0.493 e. The van der Waals surface area contributed by atoms with Crippen molar-refractivity contribution >= 4 is 17.6 Å². The van der Waals surface area contributed by atoms with Crippen LogP contribution in [0.3, 0.4) is 0 Å². The lowest BCUT2D eigenvalue weighted by atomic mass is 9.80. The van der Waals surface area contributed by atoms with Gasteiger partial charge >= 0.3 is 5.97 Å². The number of benzene rings is 2. The minimum Gasteiger partial charge on any atom is -0.493 e. The number of ether oxygens (including phenoxy) is 2. The average Bonchev–Trinajstić information content (AvgIpc) is 2.60. The van der Waals surface area contributed by atoms with Crippen LogP contribution in [0.5, 0.6) is 11.5 Å². The lowest BCUT2D eigenvalue weighted by molar-refractivity contribution is 0.0696. The highest BCUT2D eigenvalue weighted by Crippen LogP contribution is 2.38. The van der Waals surface area contributed by atoms with Crippen LogP contribution in [-0.4, -0.2) is 31.2 Å². The summed E-state index contributed by atoms with van der Waals surface area (Å²) in [4.78, 5) is 23.9. The van der Waals surface area contributed by atoms with E-state index >= 15 is 0 Å². The summed E-state index contributed by atoms with van der Waals surface area (Å²) in [5.41, 5.74) is 1.99. The first-order chi connectivity index (χ1) is 12.5. The second-order valence-electron chi connectivity index (χ2n) is 6.27. The zero-order valence-electron chi connectivity index (χ0n) is 14.7. The molecule has 1 saturated carbocycles. The van der Waals surface area contributed by atoms with Crippen molar-refractivity contribution in [3.63, 3.8) is 0 Å².